The lowest BCUT2D eigenvalue weighted by atomic mass is 10.4. The number of hydrogen-bond donors (Lipinski definition) is 0. The van der Waals surface area contributed by atoms with Crippen LogP contribution in [-0.2, 0) is 6.18 Å². The third-order valence-corrected chi connectivity index (χ3v) is 4.52. The first-order valence-electron chi connectivity index (χ1n) is 6.84. The van der Waals surface area contributed by atoms with Gasteiger partial charge in [-0.1, -0.05) is 11.3 Å². The number of alkyl halides is 3. The molecule has 9 heteroatoms. The molecule has 0 amide bonds. The fourth-order valence-corrected chi connectivity index (χ4v) is 3.18. The maximum absolute atomic E-state index is 12.7. The first-order chi connectivity index (χ1) is 10.5. The second-order valence-electron chi connectivity index (χ2n) is 4.91. The summed E-state index contributed by atoms with van der Waals surface area (Å²) in [5, 5.41) is 8.36. The number of rotatable bonds is 2. The van der Waals surface area contributed by atoms with Crippen molar-refractivity contribution in [3.63, 3.8) is 0 Å². The predicted molar refractivity (Wildman–Crippen MR) is 78.2 cm³/mol. The zero-order valence-electron chi connectivity index (χ0n) is 11.6. The van der Waals surface area contributed by atoms with Gasteiger partial charge in [-0.2, -0.15) is 18.3 Å². The molecule has 0 radical (unpaired) electrons. The lowest BCUT2D eigenvalue weighted by Gasteiger charge is -2.21. The van der Waals surface area contributed by atoms with E-state index in [9.17, 15) is 13.2 Å². The Balaban J connectivity index is 1.69. The Morgan fingerprint density at radius 1 is 1.09 bits per heavy atom. The van der Waals surface area contributed by atoms with Gasteiger partial charge in [0.1, 0.15) is 4.88 Å². The largest absolute Gasteiger partial charge is 0.427 e. The normalized spacial score (nSPS) is 16.7. The van der Waals surface area contributed by atoms with Crippen LogP contribution in [0.25, 0.3) is 0 Å². The SMILES string of the molecule is FC(F)(F)c1cnc(N2CCCN(c3cccnn3)CC2)s1. The van der Waals surface area contributed by atoms with Crippen LogP contribution in [0.2, 0.25) is 0 Å². The summed E-state index contributed by atoms with van der Waals surface area (Å²) in [5.74, 6) is 0.791. The van der Waals surface area contributed by atoms with Crippen LogP contribution < -0.4 is 9.80 Å². The quantitative estimate of drug-likeness (QED) is 0.848. The monoisotopic (exact) mass is 329 g/mol. The molecule has 1 fully saturated rings. The first kappa shape index (κ1) is 15.0. The summed E-state index contributed by atoms with van der Waals surface area (Å²) in [7, 11) is 0. The molecule has 3 heterocycles. The van der Waals surface area contributed by atoms with E-state index in [1.54, 1.807) is 6.20 Å². The highest BCUT2D eigenvalue weighted by molar-refractivity contribution is 7.15. The molecule has 2 aromatic rings. The summed E-state index contributed by atoms with van der Waals surface area (Å²) in [4.78, 5) is 7.26. The van der Waals surface area contributed by atoms with E-state index in [1.165, 1.54) is 0 Å². The van der Waals surface area contributed by atoms with Crippen molar-refractivity contribution in [3.8, 4) is 0 Å². The Labute approximate surface area is 129 Å². The van der Waals surface area contributed by atoms with Crippen LogP contribution in [0, 0.1) is 0 Å². The summed E-state index contributed by atoms with van der Waals surface area (Å²) in [5.41, 5.74) is 0. The molecule has 0 aliphatic carbocycles. The highest BCUT2D eigenvalue weighted by Crippen LogP contribution is 2.36. The molecule has 0 N–H and O–H groups in total. The van der Waals surface area contributed by atoms with E-state index >= 15 is 0 Å². The Hall–Kier alpha value is -1.90. The van der Waals surface area contributed by atoms with Crippen LogP contribution in [-0.4, -0.2) is 41.4 Å². The third-order valence-electron chi connectivity index (χ3n) is 3.42. The smallest absolute Gasteiger partial charge is 0.353 e. The maximum Gasteiger partial charge on any atom is 0.427 e. The van der Waals surface area contributed by atoms with Gasteiger partial charge in [0.15, 0.2) is 10.9 Å². The second-order valence-corrected chi connectivity index (χ2v) is 5.92. The Kier molecular flexibility index (Phi) is 4.14. The maximum atomic E-state index is 12.7. The van der Waals surface area contributed by atoms with Gasteiger partial charge >= 0.3 is 6.18 Å². The van der Waals surface area contributed by atoms with Gasteiger partial charge in [0, 0.05) is 32.4 Å². The molecule has 1 saturated heterocycles. The van der Waals surface area contributed by atoms with Crippen molar-refractivity contribution in [2.45, 2.75) is 12.6 Å². The number of aromatic nitrogens is 3. The van der Waals surface area contributed by atoms with Crippen molar-refractivity contribution in [2.75, 3.05) is 36.0 Å². The molecule has 3 rings (SSSR count). The van der Waals surface area contributed by atoms with Crippen molar-refractivity contribution in [1.82, 2.24) is 15.2 Å². The van der Waals surface area contributed by atoms with E-state index in [0.29, 0.717) is 36.1 Å². The molecule has 2 aromatic heterocycles. The zero-order valence-corrected chi connectivity index (χ0v) is 12.4. The minimum Gasteiger partial charge on any atom is -0.353 e. The van der Waals surface area contributed by atoms with Crippen LogP contribution in [0.1, 0.15) is 11.3 Å². The molecule has 0 bridgehead atoms. The molecule has 22 heavy (non-hydrogen) atoms. The standard InChI is InChI=1S/C13H14F3N5S/c14-13(15,16)10-9-17-12(22-10)21-6-2-5-20(7-8-21)11-3-1-4-18-19-11/h1,3-4,9H,2,5-8H2. The van der Waals surface area contributed by atoms with Gasteiger partial charge in [-0.15, -0.1) is 5.10 Å². The number of thiazole rings is 1. The molecule has 0 atom stereocenters. The summed E-state index contributed by atoms with van der Waals surface area (Å²) in [6.45, 7) is 2.77. The van der Waals surface area contributed by atoms with Crippen molar-refractivity contribution in [3.05, 3.63) is 29.4 Å². The zero-order chi connectivity index (χ0) is 15.6. The van der Waals surface area contributed by atoms with Crippen LogP contribution in [0.3, 0.4) is 0 Å². The van der Waals surface area contributed by atoms with E-state index < -0.39 is 11.1 Å². The second kappa shape index (κ2) is 6.07. The summed E-state index contributed by atoms with van der Waals surface area (Å²) >= 11 is 0.696. The van der Waals surface area contributed by atoms with Gasteiger partial charge in [-0.3, -0.25) is 0 Å². The molecule has 0 aromatic carbocycles. The van der Waals surface area contributed by atoms with Crippen molar-refractivity contribution >= 4 is 22.3 Å². The Bertz CT molecular complexity index is 616. The van der Waals surface area contributed by atoms with E-state index in [2.05, 4.69) is 20.1 Å². The van der Waals surface area contributed by atoms with E-state index in [-0.39, 0.29) is 0 Å². The summed E-state index contributed by atoms with van der Waals surface area (Å²) < 4.78 is 38.0. The fourth-order valence-electron chi connectivity index (χ4n) is 2.34. The molecule has 1 aliphatic heterocycles. The fraction of sp³-hybridized carbons (Fsp3) is 0.462. The number of halogens is 3. The van der Waals surface area contributed by atoms with Crippen molar-refractivity contribution < 1.29 is 13.2 Å². The van der Waals surface area contributed by atoms with Crippen LogP contribution >= 0.6 is 11.3 Å². The molecule has 0 saturated carbocycles. The lowest BCUT2D eigenvalue weighted by Crippen LogP contribution is -2.31. The number of nitrogens with zero attached hydrogens (tertiary/aromatic N) is 5. The van der Waals surface area contributed by atoms with Gasteiger partial charge in [0.25, 0.3) is 0 Å². The molecule has 0 spiro atoms. The minimum absolute atomic E-state index is 0.424. The lowest BCUT2D eigenvalue weighted by molar-refractivity contribution is -0.134. The van der Waals surface area contributed by atoms with Gasteiger partial charge < -0.3 is 9.80 Å². The predicted octanol–water partition coefficient (Wildman–Crippen LogP) is 2.67. The number of anilines is 2. The Morgan fingerprint density at radius 2 is 1.86 bits per heavy atom. The van der Waals surface area contributed by atoms with E-state index in [4.69, 9.17) is 0 Å². The number of hydrogen-bond acceptors (Lipinski definition) is 6. The third kappa shape index (κ3) is 3.29. The molecule has 0 unspecified atom stereocenters. The van der Waals surface area contributed by atoms with Crippen LogP contribution in [0.15, 0.2) is 24.5 Å². The Morgan fingerprint density at radius 3 is 2.55 bits per heavy atom. The summed E-state index contributed by atoms with van der Waals surface area (Å²) in [6.07, 6.45) is -0.974. The molecule has 1 aliphatic rings. The van der Waals surface area contributed by atoms with Crippen molar-refractivity contribution in [1.29, 1.82) is 0 Å². The highest BCUT2D eigenvalue weighted by Gasteiger charge is 2.34. The molecule has 5 nitrogen and oxygen atoms in total. The molecular weight excluding hydrogens is 315 g/mol. The van der Waals surface area contributed by atoms with Crippen LogP contribution in [0.4, 0.5) is 24.1 Å². The first-order valence-corrected chi connectivity index (χ1v) is 7.66. The van der Waals surface area contributed by atoms with Crippen LogP contribution in [0.5, 0.6) is 0 Å². The molecular formula is C13H14F3N5S. The van der Waals surface area contributed by atoms with Crippen molar-refractivity contribution in [2.24, 2.45) is 0 Å². The average molecular weight is 329 g/mol. The summed E-state index contributed by atoms with van der Waals surface area (Å²) in [6, 6.07) is 3.70. The average Bonchev–Trinajstić information content (AvgIpc) is 2.87. The minimum atomic E-state index is -4.33. The highest BCUT2D eigenvalue weighted by atomic mass is 32.1. The van der Waals surface area contributed by atoms with Gasteiger partial charge in [-0.25, -0.2) is 4.98 Å². The van der Waals surface area contributed by atoms with Gasteiger partial charge in [-0.05, 0) is 18.6 Å². The van der Waals surface area contributed by atoms with Gasteiger partial charge in [0.05, 0.1) is 6.20 Å². The topological polar surface area (TPSA) is 45.2 Å². The van der Waals surface area contributed by atoms with Gasteiger partial charge in [0.2, 0.25) is 0 Å². The molecule has 118 valence electrons. The van der Waals surface area contributed by atoms with E-state index in [0.717, 1.165) is 25.0 Å². The van der Waals surface area contributed by atoms with E-state index in [1.807, 2.05) is 17.0 Å².